The Bertz CT molecular complexity index is 516. The SMILES string of the molecule is COCc1nc(N)cc(NCCc2ccccc2)n1. The summed E-state index contributed by atoms with van der Waals surface area (Å²) in [4.78, 5) is 8.42. The Hall–Kier alpha value is -2.14. The van der Waals surface area contributed by atoms with E-state index in [1.807, 2.05) is 18.2 Å². The van der Waals surface area contributed by atoms with E-state index in [2.05, 4.69) is 27.4 Å². The van der Waals surface area contributed by atoms with E-state index in [0.717, 1.165) is 18.8 Å². The number of methoxy groups -OCH3 is 1. The number of hydrogen-bond acceptors (Lipinski definition) is 5. The van der Waals surface area contributed by atoms with Gasteiger partial charge in [0.2, 0.25) is 0 Å². The van der Waals surface area contributed by atoms with Crippen LogP contribution in [0.25, 0.3) is 0 Å². The number of nitrogens with two attached hydrogens (primary N) is 1. The minimum Gasteiger partial charge on any atom is -0.384 e. The molecule has 0 bridgehead atoms. The molecule has 2 rings (SSSR count). The molecular formula is C14H18N4O. The molecule has 1 aromatic heterocycles. The summed E-state index contributed by atoms with van der Waals surface area (Å²) in [7, 11) is 1.61. The highest BCUT2D eigenvalue weighted by Crippen LogP contribution is 2.09. The zero-order valence-corrected chi connectivity index (χ0v) is 11.0. The van der Waals surface area contributed by atoms with Gasteiger partial charge in [0.15, 0.2) is 5.82 Å². The van der Waals surface area contributed by atoms with Gasteiger partial charge in [-0.2, -0.15) is 0 Å². The Balaban J connectivity index is 1.92. The van der Waals surface area contributed by atoms with Gasteiger partial charge >= 0.3 is 0 Å². The summed E-state index contributed by atoms with van der Waals surface area (Å²) < 4.78 is 5.00. The molecule has 5 heteroatoms. The highest BCUT2D eigenvalue weighted by molar-refractivity contribution is 5.44. The van der Waals surface area contributed by atoms with Crippen LogP contribution in [0.3, 0.4) is 0 Å². The van der Waals surface area contributed by atoms with Crippen LogP contribution in [0.5, 0.6) is 0 Å². The van der Waals surface area contributed by atoms with Crippen molar-refractivity contribution in [1.29, 1.82) is 0 Å². The Morgan fingerprint density at radius 2 is 2.00 bits per heavy atom. The van der Waals surface area contributed by atoms with Gasteiger partial charge in [0.25, 0.3) is 0 Å². The van der Waals surface area contributed by atoms with Gasteiger partial charge < -0.3 is 15.8 Å². The Kier molecular flexibility index (Phi) is 4.69. The number of aromatic nitrogens is 2. The Labute approximate surface area is 112 Å². The first-order valence-corrected chi connectivity index (χ1v) is 6.18. The maximum atomic E-state index is 5.73. The lowest BCUT2D eigenvalue weighted by Crippen LogP contribution is -2.09. The summed E-state index contributed by atoms with van der Waals surface area (Å²) in [6.45, 7) is 1.16. The summed E-state index contributed by atoms with van der Waals surface area (Å²) >= 11 is 0. The number of rotatable bonds is 6. The third-order valence-corrected chi connectivity index (χ3v) is 2.63. The van der Waals surface area contributed by atoms with Crippen LogP contribution in [0.15, 0.2) is 36.4 Å². The van der Waals surface area contributed by atoms with Crippen molar-refractivity contribution in [1.82, 2.24) is 9.97 Å². The smallest absolute Gasteiger partial charge is 0.158 e. The Morgan fingerprint density at radius 1 is 1.21 bits per heavy atom. The fourth-order valence-corrected chi connectivity index (χ4v) is 1.78. The topological polar surface area (TPSA) is 73.1 Å². The monoisotopic (exact) mass is 258 g/mol. The van der Waals surface area contributed by atoms with E-state index in [1.54, 1.807) is 13.2 Å². The molecule has 0 radical (unpaired) electrons. The highest BCUT2D eigenvalue weighted by atomic mass is 16.5. The van der Waals surface area contributed by atoms with Crippen LogP contribution < -0.4 is 11.1 Å². The molecule has 0 spiro atoms. The van der Waals surface area contributed by atoms with Crippen LogP contribution >= 0.6 is 0 Å². The molecule has 0 amide bonds. The molecule has 19 heavy (non-hydrogen) atoms. The van der Waals surface area contributed by atoms with Gasteiger partial charge in [-0.15, -0.1) is 0 Å². The van der Waals surface area contributed by atoms with E-state index < -0.39 is 0 Å². The summed E-state index contributed by atoms with van der Waals surface area (Å²) in [6, 6.07) is 12.0. The largest absolute Gasteiger partial charge is 0.384 e. The lowest BCUT2D eigenvalue weighted by atomic mass is 10.1. The number of nitrogen functional groups attached to an aromatic ring is 1. The molecule has 0 aliphatic carbocycles. The van der Waals surface area contributed by atoms with Gasteiger partial charge in [-0.1, -0.05) is 30.3 Å². The van der Waals surface area contributed by atoms with Crippen molar-refractivity contribution in [3.8, 4) is 0 Å². The van der Waals surface area contributed by atoms with Crippen molar-refractivity contribution >= 4 is 11.6 Å². The highest BCUT2D eigenvalue weighted by Gasteiger charge is 2.02. The molecule has 0 aliphatic heterocycles. The molecule has 3 N–H and O–H groups in total. The average molecular weight is 258 g/mol. The van der Waals surface area contributed by atoms with Crippen molar-refractivity contribution in [3.63, 3.8) is 0 Å². The van der Waals surface area contributed by atoms with Crippen molar-refractivity contribution in [3.05, 3.63) is 47.8 Å². The molecule has 5 nitrogen and oxygen atoms in total. The third-order valence-electron chi connectivity index (χ3n) is 2.63. The zero-order chi connectivity index (χ0) is 13.5. The van der Waals surface area contributed by atoms with E-state index in [0.29, 0.717) is 18.2 Å². The average Bonchev–Trinajstić information content (AvgIpc) is 2.40. The first-order chi connectivity index (χ1) is 9.28. The van der Waals surface area contributed by atoms with Crippen molar-refractivity contribution in [2.75, 3.05) is 24.7 Å². The molecule has 1 heterocycles. The maximum absolute atomic E-state index is 5.73. The fraction of sp³-hybridized carbons (Fsp3) is 0.286. The van der Waals surface area contributed by atoms with E-state index in [4.69, 9.17) is 10.5 Å². The summed E-state index contributed by atoms with van der Waals surface area (Å²) in [6.07, 6.45) is 0.935. The number of ether oxygens (including phenoxy) is 1. The zero-order valence-electron chi connectivity index (χ0n) is 11.0. The summed E-state index contributed by atoms with van der Waals surface area (Å²) in [5.74, 6) is 1.77. The predicted molar refractivity (Wildman–Crippen MR) is 75.8 cm³/mol. The van der Waals surface area contributed by atoms with Gasteiger partial charge in [0, 0.05) is 19.7 Å². The van der Waals surface area contributed by atoms with Crippen LogP contribution in [-0.4, -0.2) is 23.6 Å². The number of anilines is 2. The van der Waals surface area contributed by atoms with Crippen LogP contribution in [-0.2, 0) is 17.8 Å². The fourth-order valence-electron chi connectivity index (χ4n) is 1.78. The lowest BCUT2D eigenvalue weighted by Gasteiger charge is -2.08. The Morgan fingerprint density at radius 3 is 2.74 bits per heavy atom. The van der Waals surface area contributed by atoms with E-state index in [1.165, 1.54) is 5.56 Å². The van der Waals surface area contributed by atoms with Crippen LogP contribution in [0, 0.1) is 0 Å². The second-order valence-corrected chi connectivity index (χ2v) is 4.19. The first kappa shape index (κ1) is 13.3. The first-order valence-electron chi connectivity index (χ1n) is 6.18. The standard InChI is InChI=1S/C14H18N4O/c1-19-10-14-17-12(15)9-13(18-14)16-8-7-11-5-3-2-4-6-11/h2-6,9H,7-8,10H2,1H3,(H3,15,16,17,18). The molecular weight excluding hydrogens is 240 g/mol. The summed E-state index contributed by atoms with van der Waals surface area (Å²) in [5.41, 5.74) is 7.01. The second kappa shape index (κ2) is 6.70. The molecule has 0 saturated heterocycles. The molecule has 0 fully saturated rings. The quantitative estimate of drug-likeness (QED) is 0.827. The van der Waals surface area contributed by atoms with Crippen molar-refractivity contribution in [2.45, 2.75) is 13.0 Å². The van der Waals surface area contributed by atoms with Crippen molar-refractivity contribution < 1.29 is 4.74 Å². The molecule has 100 valence electrons. The van der Waals surface area contributed by atoms with Gasteiger partial charge in [0.1, 0.15) is 18.2 Å². The number of nitrogens with one attached hydrogen (secondary N) is 1. The normalized spacial score (nSPS) is 10.4. The number of benzene rings is 1. The molecule has 0 atom stereocenters. The number of hydrogen-bond donors (Lipinski definition) is 2. The molecule has 1 aromatic carbocycles. The summed E-state index contributed by atoms with van der Waals surface area (Å²) in [5, 5.41) is 3.25. The van der Waals surface area contributed by atoms with Gasteiger partial charge in [-0.05, 0) is 12.0 Å². The predicted octanol–water partition coefficient (Wildman–Crippen LogP) is 1.86. The second-order valence-electron chi connectivity index (χ2n) is 4.19. The van der Waals surface area contributed by atoms with Crippen LogP contribution in [0.1, 0.15) is 11.4 Å². The minimum absolute atomic E-state index is 0.360. The van der Waals surface area contributed by atoms with Gasteiger partial charge in [-0.3, -0.25) is 0 Å². The van der Waals surface area contributed by atoms with Gasteiger partial charge in [-0.25, -0.2) is 9.97 Å². The molecule has 0 unspecified atom stereocenters. The molecule has 2 aromatic rings. The third kappa shape index (κ3) is 4.22. The number of nitrogens with zero attached hydrogens (tertiary/aromatic N) is 2. The molecule has 0 saturated carbocycles. The lowest BCUT2D eigenvalue weighted by molar-refractivity contribution is 0.178. The van der Waals surface area contributed by atoms with E-state index in [-0.39, 0.29) is 0 Å². The van der Waals surface area contributed by atoms with Gasteiger partial charge in [0.05, 0.1) is 0 Å². The van der Waals surface area contributed by atoms with Crippen LogP contribution in [0.4, 0.5) is 11.6 Å². The van der Waals surface area contributed by atoms with Crippen molar-refractivity contribution in [2.24, 2.45) is 0 Å². The minimum atomic E-state index is 0.360. The van der Waals surface area contributed by atoms with E-state index >= 15 is 0 Å². The maximum Gasteiger partial charge on any atom is 0.158 e. The molecule has 0 aliphatic rings. The van der Waals surface area contributed by atoms with E-state index in [9.17, 15) is 0 Å². The van der Waals surface area contributed by atoms with Crippen LogP contribution in [0.2, 0.25) is 0 Å².